The largest absolute Gasteiger partial charge is 0.350 e. The fraction of sp³-hybridized carbons (Fsp3) is 0.316. The van der Waals surface area contributed by atoms with E-state index >= 15 is 0 Å². The van der Waals surface area contributed by atoms with Gasteiger partial charge in [-0.2, -0.15) is 4.52 Å². The molecule has 0 radical (unpaired) electrons. The molecule has 0 unspecified atom stereocenters. The highest BCUT2D eigenvalue weighted by Crippen LogP contribution is 2.18. The normalized spacial score (nSPS) is 19.1. The fourth-order valence-electron chi connectivity index (χ4n) is 3.31. The van der Waals surface area contributed by atoms with Crippen LogP contribution in [0.1, 0.15) is 12.5 Å². The van der Waals surface area contributed by atoms with Crippen LogP contribution in [0.25, 0.3) is 11.7 Å². The van der Waals surface area contributed by atoms with Crippen LogP contribution in [0.5, 0.6) is 0 Å². The molecule has 4 rings (SSSR count). The minimum atomic E-state index is 0.417. The number of benzene rings is 1. The molecule has 0 N–H and O–H groups in total. The van der Waals surface area contributed by atoms with Crippen molar-refractivity contribution in [3.8, 4) is 0 Å². The van der Waals surface area contributed by atoms with E-state index in [9.17, 15) is 0 Å². The second-order valence-electron chi connectivity index (χ2n) is 6.44. The van der Waals surface area contributed by atoms with Crippen molar-refractivity contribution in [3.63, 3.8) is 0 Å². The Balaban J connectivity index is 1.37. The second kappa shape index (κ2) is 7.03. The lowest BCUT2D eigenvalue weighted by atomic mass is 10.1. The molecular weight excluding hydrogens is 312 g/mol. The predicted molar refractivity (Wildman–Crippen MR) is 99.5 cm³/mol. The Kier molecular flexibility index (Phi) is 4.43. The number of anilines is 1. The van der Waals surface area contributed by atoms with Crippen molar-refractivity contribution in [3.05, 3.63) is 60.4 Å². The minimum Gasteiger partial charge on any atom is -0.350 e. The van der Waals surface area contributed by atoms with Crippen LogP contribution < -0.4 is 4.90 Å². The summed E-state index contributed by atoms with van der Waals surface area (Å²) in [7, 11) is 0. The summed E-state index contributed by atoms with van der Waals surface area (Å²) in [5.74, 6) is 0.985. The van der Waals surface area contributed by atoms with Crippen LogP contribution in [-0.2, 0) is 0 Å². The van der Waals surface area contributed by atoms with E-state index in [1.165, 1.54) is 5.56 Å². The Morgan fingerprint density at radius 2 is 2.00 bits per heavy atom. The number of aromatic nitrogens is 4. The SMILES string of the molecule is C[C@@H]1CN(C/C=C\c2ccccc2)CCN1c1ccc2nncn2n1. The van der Waals surface area contributed by atoms with Crippen molar-refractivity contribution < 1.29 is 0 Å². The molecule has 3 heterocycles. The zero-order chi connectivity index (χ0) is 17.1. The highest BCUT2D eigenvalue weighted by Gasteiger charge is 2.24. The van der Waals surface area contributed by atoms with Gasteiger partial charge in [0.05, 0.1) is 0 Å². The van der Waals surface area contributed by atoms with Crippen LogP contribution >= 0.6 is 0 Å². The molecule has 3 aromatic rings. The molecule has 0 spiro atoms. The number of nitrogens with zero attached hydrogens (tertiary/aromatic N) is 6. The summed E-state index contributed by atoms with van der Waals surface area (Å²) in [4.78, 5) is 4.84. The highest BCUT2D eigenvalue weighted by molar-refractivity contribution is 5.49. The van der Waals surface area contributed by atoms with Gasteiger partial charge >= 0.3 is 0 Å². The fourth-order valence-corrected chi connectivity index (χ4v) is 3.31. The number of hydrogen-bond donors (Lipinski definition) is 0. The third-order valence-electron chi connectivity index (χ3n) is 4.63. The summed E-state index contributed by atoms with van der Waals surface area (Å²) in [5, 5.41) is 12.5. The van der Waals surface area contributed by atoms with Crippen molar-refractivity contribution in [2.75, 3.05) is 31.1 Å². The van der Waals surface area contributed by atoms with Gasteiger partial charge in [-0.1, -0.05) is 42.5 Å². The number of fused-ring (bicyclic) bond motifs is 1. The maximum atomic E-state index is 4.62. The zero-order valence-electron chi connectivity index (χ0n) is 14.4. The van der Waals surface area contributed by atoms with Gasteiger partial charge in [0.1, 0.15) is 12.1 Å². The monoisotopic (exact) mass is 334 g/mol. The van der Waals surface area contributed by atoms with Crippen LogP contribution in [0.4, 0.5) is 5.82 Å². The Morgan fingerprint density at radius 1 is 1.12 bits per heavy atom. The third kappa shape index (κ3) is 3.53. The average Bonchev–Trinajstić information content (AvgIpc) is 3.10. The van der Waals surface area contributed by atoms with Gasteiger partial charge in [-0.05, 0) is 24.6 Å². The first-order chi connectivity index (χ1) is 12.3. The molecule has 1 fully saturated rings. The molecule has 1 aliphatic rings. The van der Waals surface area contributed by atoms with Crippen LogP contribution in [0.2, 0.25) is 0 Å². The van der Waals surface area contributed by atoms with E-state index in [0.717, 1.165) is 37.6 Å². The molecule has 0 amide bonds. The topological polar surface area (TPSA) is 49.6 Å². The molecule has 2 aromatic heterocycles. The van der Waals surface area contributed by atoms with Gasteiger partial charge < -0.3 is 4.90 Å². The van der Waals surface area contributed by atoms with Gasteiger partial charge in [0.2, 0.25) is 0 Å². The first kappa shape index (κ1) is 15.8. The molecule has 1 atom stereocenters. The van der Waals surface area contributed by atoms with E-state index in [-0.39, 0.29) is 0 Å². The summed E-state index contributed by atoms with van der Waals surface area (Å²) in [6, 6.07) is 14.9. The van der Waals surface area contributed by atoms with Crippen molar-refractivity contribution in [2.45, 2.75) is 13.0 Å². The number of rotatable bonds is 4. The predicted octanol–water partition coefficient (Wildman–Crippen LogP) is 2.35. The van der Waals surface area contributed by atoms with E-state index in [1.54, 1.807) is 10.8 Å². The summed E-state index contributed by atoms with van der Waals surface area (Å²) in [5.41, 5.74) is 2.03. The molecular formula is C19H22N6. The summed E-state index contributed by atoms with van der Waals surface area (Å²) < 4.78 is 1.73. The Hall–Kier alpha value is -2.73. The first-order valence-corrected chi connectivity index (χ1v) is 8.67. The molecule has 1 aromatic carbocycles. The number of hydrogen-bond acceptors (Lipinski definition) is 5. The highest BCUT2D eigenvalue weighted by atomic mass is 15.4. The maximum Gasteiger partial charge on any atom is 0.177 e. The van der Waals surface area contributed by atoms with E-state index in [2.05, 4.69) is 68.4 Å². The number of piperazine rings is 1. The van der Waals surface area contributed by atoms with Gasteiger partial charge in [0, 0.05) is 32.2 Å². The molecule has 6 nitrogen and oxygen atoms in total. The van der Waals surface area contributed by atoms with Crippen molar-refractivity contribution in [2.24, 2.45) is 0 Å². The van der Waals surface area contributed by atoms with E-state index in [1.807, 2.05) is 18.2 Å². The molecule has 6 heteroatoms. The molecule has 128 valence electrons. The van der Waals surface area contributed by atoms with Gasteiger partial charge in [-0.3, -0.25) is 4.90 Å². The summed E-state index contributed by atoms with van der Waals surface area (Å²) >= 11 is 0. The Bertz CT molecular complexity index is 856. The van der Waals surface area contributed by atoms with E-state index in [4.69, 9.17) is 0 Å². The van der Waals surface area contributed by atoms with Crippen LogP contribution in [0, 0.1) is 0 Å². The Labute approximate surface area is 147 Å². The van der Waals surface area contributed by atoms with Crippen LogP contribution in [0.3, 0.4) is 0 Å². The lowest BCUT2D eigenvalue weighted by Crippen LogP contribution is -2.52. The lowest BCUT2D eigenvalue weighted by Gasteiger charge is -2.40. The molecule has 0 bridgehead atoms. The maximum absolute atomic E-state index is 4.62. The van der Waals surface area contributed by atoms with Gasteiger partial charge in [-0.25, -0.2) is 0 Å². The van der Waals surface area contributed by atoms with Crippen LogP contribution in [-0.4, -0.2) is 56.9 Å². The Morgan fingerprint density at radius 3 is 2.84 bits per heavy atom. The van der Waals surface area contributed by atoms with Gasteiger partial charge in [0.25, 0.3) is 0 Å². The standard InChI is InChI=1S/C19H22N6/c1-16-14-23(11-5-8-17-6-3-2-4-7-17)12-13-24(16)19-10-9-18-21-20-15-25(18)22-19/h2-10,15-16H,11-14H2,1H3/b8-5-/t16-/m1/s1. The summed E-state index contributed by atoms with van der Waals surface area (Å²) in [6.45, 7) is 6.27. The molecule has 0 saturated carbocycles. The minimum absolute atomic E-state index is 0.417. The molecule has 25 heavy (non-hydrogen) atoms. The third-order valence-corrected chi connectivity index (χ3v) is 4.63. The average molecular weight is 334 g/mol. The van der Waals surface area contributed by atoms with Crippen molar-refractivity contribution >= 4 is 17.5 Å². The molecule has 1 saturated heterocycles. The van der Waals surface area contributed by atoms with E-state index in [0.29, 0.717) is 6.04 Å². The molecule has 1 aliphatic heterocycles. The van der Waals surface area contributed by atoms with Crippen molar-refractivity contribution in [1.82, 2.24) is 24.7 Å². The quantitative estimate of drug-likeness (QED) is 0.733. The second-order valence-corrected chi connectivity index (χ2v) is 6.44. The molecule has 0 aliphatic carbocycles. The van der Waals surface area contributed by atoms with Gasteiger partial charge in [-0.15, -0.1) is 15.3 Å². The van der Waals surface area contributed by atoms with E-state index < -0.39 is 0 Å². The van der Waals surface area contributed by atoms with Gasteiger partial charge in [0.15, 0.2) is 5.65 Å². The lowest BCUT2D eigenvalue weighted by molar-refractivity contribution is 0.250. The van der Waals surface area contributed by atoms with Crippen molar-refractivity contribution in [1.29, 1.82) is 0 Å². The smallest absolute Gasteiger partial charge is 0.177 e. The zero-order valence-corrected chi connectivity index (χ0v) is 14.4. The summed E-state index contributed by atoms with van der Waals surface area (Å²) in [6.07, 6.45) is 6.09. The first-order valence-electron chi connectivity index (χ1n) is 8.67. The van der Waals surface area contributed by atoms with Crippen LogP contribution in [0.15, 0.2) is 54.9 Å².